The molecule has 0 spiro atoms. The van der Waals surface area contributed by atoms with E-state index in [0.29, 0.717) is 0 Å². The molecule has 3 N–H and O–H groups in total. The first-order valence-electron chi connectivity index (χ1n) is 5.73. The number of rotatable bonds is 7. The number of hydrogen-bond donors (Lipinski definition) is 3. The summed E-state index contributed by atoms with van der Waals surface area (Å²) in [5.41, 5.74) is -0.869. The van der Waals surface area contributed by atoms with Gasteiger partial charge >= 0.3 is 17.9 Å². The van der Waals surface area contributed by atoms with E-state index in [1.54, 1.807) is 0 Å². The van der Waals surface area contributed by atoms with Crippen LogP contribution in [0, 0.1) is 0 Å². The van der Waals surface area contributed by atoms with Crippen LogP contribution in [-0.4, -0.2) is 37.8 Å². The van der Waals surface area contributed by atoms with E-state index in [2.05, 4.69) is 0 Å². The number of carboxylic acids is 3. The van der Waals surface area contributed by atoms with E-state index < -0.39 is 29.5 Å². The average Bonchev–Trinajstić information content (AvgIpc) is 2.34. The first-order valence-corrected chi connectivity index (χ1v) is 5.73. The minimum atomic E-state index is -1.32. The second-order valence-corrected chi connectivity index (χ2v) is 4.11. The van der Waals surface area contributed by atoms with Crippen molar-refractivity contribution in [2.45, 2.75) is 25.3 Å². The van der Waals surface area contributed by atoms with E-state index in [1.807, 2.05) is 0 Å². The summed E-state index contributed by atoms with van der Waals surface area (Å²) in [4.78, 5) is 44.0. The molecule has 0 radical (unpaired) electrons. The van der Waals surface area contributed by atoms with Crippen molar-refractivity contribution in [1.82, 2.24) is 4.57 Å². The van der Waals surface area contributed by atoms with Gasteiger partial charge in [-0.25, -0.2) is 9.59 Å². The molecule has 0 saturated heterocycles. The van der Waals surface area contributed by atoms with Gasteiger partial charge < -0.3 is 19.9 Å². The fourth-order valence-corrected chi connectivity index (χ4v) is 1.70. The van der Waals surface area contributed by atoms with Gasteiger partial charge in [0.05, 0.1) is 5.56 Å². The summed E-state index contributed by atoms with van der Waals surface area (Å²) in [6.45, 7) is 0. The minimum Gasteiger partial charge on any atom is -0.481 e. The lowest BCUT2D eigenvalue weighted by Gasteiger charge is -2.15. The van der Waals surface area contributed by atoms with Gasteiger partial charge in [0.15, 0.2) is 0 Å². The Labute approximate surface area is 112 Å². The molecule has 108 valence electrons. The lowest BCUT2D eigenvalue weighted by Crippen LogP contribution is -2.30. The third-order valence-electron chi connectivity index (χ3n) is 2.67. The van der Waals surface area contributed by atoms with E-state index in [1.165, 1.54) is 0 Å². The first-order chi connectivity index (χ1) is 9.32. The van der Waals surface area contributed by atoms with Crippen LogP contribution in [0.4, 0.5) is 0 Å². The summed E-state index contributed by atoms with van der Waals surface area (Å²) >= 11 is 0. The zero-order chi connectivity index (χ0) is 15.3. The van der Waals surface area contributed by atoms with Gasteiger partial charge in [0.1, 0.15) is 6.04 Å². The van der Waals surface area contributed by atoms with E-state index in [0.717, 1.165) is 22.9 Å². The SMILES string of the molecule is O=C(O)CCC[C@@H](C(=O)O)n1cc(C(=O)O)ccc1=O. The Bertz CT molecular complexity index is 590. The second kappa shape index (κ2) is 6.50. The summed E-state index contributed by atoms with van der Waals surface area (Å²) < 4.78 is 0.799. The van der Waals surface area contributed by atoms with E-state index in [-0.39, 0.29) is 24.8 Å². The number of aromatic nitrogens is 1. The molecule has 1 aromatic rings. The Morgan fingerprint density at radius 1 is 1.15 bits per heavy atom. The molecule has 1 heterocycles. The van der Waals surface area contributed by atoms with Crippen molar-refractivity contribution in [1.29, 1.82) is 0 Å². The van der Waals surface area contributed by atoms with Gasteiger partial charge in [0.25, 0.3) is 5.56 Å². The molecule has 0 bridgehead atoms. The molecule has 0 aliphatic rings. The lowest BCUT2D eigenvalue weighted by atomic mass is 10.1. The van der Waals surface area contributed by atoms with Crippen LogP contribution in [0.2, 0.25) is 0 Å². The van der Waals surface area contributed by atoms with Crippen molar-refractivity contribution in [3.63, 3.8) is 0 Å². The van der Waals surface area contributed by atoms with E-state index >= 15 is 0 Å². The third-order valence-corrected chi connectivity index (χ3v) is 2.67. The summed E-state index contributed by atoms with van der Waals surface area (Å²) in [6, 6.07) is 0.759. The Balaban J connectivity index is 3.05. The molecule has 0 aliphatic carbocycles. The zero-order valence-electron chi connectivity index (χ0n) is 10.4. The van der Waals surface area contributed by atoms with Gasteiger partial charge in [-0.3, -0.25) is 9.59 Å². The number of pyridine rings is 1. The van der Waals surface area contributed by atoms with Crippen molar-refractivity contribution < 1.29 is 29.7 Å². The number of carboxylic acid groups (broad SMARTS) is 3. The van der Waals surface area contributed by atoms with Crippen LogP contribution in [0.15, 0.2) is 23.1 Å². The normalized spacial score (nSPS) is 11.8. The molecule has 0 unspecified atom stereocenters. The molecule has 0 saturated carbocycles. The quantitative estimate of drug-likeness (QED) is 0.660. The fraction of sp³-hybridized carbons (Fsp3) is 0.333. The van der Waals surface area contributed by atoms with Gasteiger partial charge in [0.2, 0.25) is 0 Å². The number of nitrogens with zero attached hydrogens (tertiary/aromatic N) is 1. The molecule has 0 aromatic carbocycles. The van der Waals surface area contributed by atoms with Crippen LogP contribution in [0.3, 0.4) is 0 Å². The van der Waals surface area contributed by atoms with Crippen molar-refractivity contribution in [2.24, 2.45) is 0 Å². The second-order valence-electron chi connectivity index (χ2n) is 4.11. The van der Waals surface area contributed by atoms with Gasteiger partial charge in [0, 0.05) is 18.7 Å². The predicted octanol–water partition coefficient (Wildman–Crippen LogP) is 0.427. The minimum absolute atomic E-state index is 0.0655. The number of hydrogen-bond acceptors (Lipinski definition) is 4. The summed E-state index contributed by atoms with van der Waals surface area (Å²) in [5, 5.41) is 26.4. The highest BCUT2D eigenvalue weighted by atomic mass is 16.4. The molecule has 0 aliphatic heterocycles. The maximum Gasteiger partial charge on any atom is 0.337 e. The smallest absolute Gasteiger partial charge is 0.337 e. The Morgan fingerprint density at radius 2 is 1.80 bits per heavy atom. The molecule has 20 heavy (non-hydrogen) atoms. The molecule has 8 heteroatoms. The predicted molar refractivity (Wildman–Crippen MR) is 65.8 cm³/mol. The molecule has 0 fully saturated rings. The molecular formula is C12H13NO7. The van der Waals surface area contributed by atoms with Crippen LogP contribution in [0.25, 0.3) is 0 Å². The van der Waals surface area contributed by atoms with Gasteiger partial charge in [-0.05, 0) is 18.9 Å². The van der Waals surface area contributed by atoms with Crippen molar-refractivity contribution in [3.05, 3.63) is 34.2 Å². The maximum absolute atomic E-state index is 11.6. The van der Waals surface area contributed by atoms with Crippen LogP contribution >= 0.6 is 0 Å². The van der Waals surface area contributed by atoms with Crippen LogP contribution in [-0.2, 0) is 9.59 Å². The number of aromatic carboxylic acids is 1. The molecule has 1 rings (SSSR count). The highest BCUT2D eigenvalue weighted by Gasteiger charge is 2.21. The number of aliphatic carboxylic acids is 2. The van der Waals surface area contributed by atoms with Gasteiger partial charge in [-0.15, -0.1) is 0 Å². The summed E-state index contributed by atoms with van der Waals surface area (Å²) in [7, 11) is 0. The lowest BCUT2D eigenvalue weighted by molar-refractivity contribution is -0.142. The summed E-state index contributed by atoms with van der Waals surface area (Å²) in [6.07, 6.45) is 0.710. The first kappa shape index (κ1) is 15.4. The highest BCUT2D eigenvalue weighted by molar-refractivity contribution is 5.87. The Morgan fingerprint density at radius 3 is 2.30 bits per heavy atom. The van der Waals surface area contributed by atoms with Gasteiger partial charge in [-0.1, -0.05) is 0 Å². The Kier molecular flexibility index (Phi) is 5.01. The maximum atomic E-state index is 11.6. The summed E-state index contributed by atoms with van der Waals surface area (Å²) in [5.74, 6) is -3.67. The standard InChI is InChI=1S/C12H13NO7/c14-9-5-4-7(11(17)18)6-13(9)8(12(19)20)2-1-3-10(15)16/h4-6,8H,1-3H2,(H,15,16)(H,17,18)(H,19,20)/t8-/m0/s1. The average molecular weight is 283 g/mol. The van der Waals surface area contributed by atoms with Crippen LogP contribution in [0.1, 0.15) is 35.7 Å². The van der Waals surface area contributed by atoms with Crippen LogP contribution < -0.4 is 5.56 Å². The number of carbonyl (C=O) groups is 3. The monoisotopic (exact) mass is 283 g/mol. The molecule has 1 atom stereocenters. The molecular weight excluding hydrogens is 270 g/mol. The van der Waals surface area contributed by atoms with Gasteiger partial charge in [-0.2, -0.15) is 0 Å². The van der Waals surface area contributed by atoms with Crippen molar-refractivity contribution >= 4 is 17.9 Å². The Hall–Kier alpha value is -2.64. The largest absolute Gasteiger partial charge is 0.481 e. The zero-order valence-corrected chi connectivity index (χ0v) is 10.4. The van der Waals surface area contributed by atoms with E-state index in [4.69, 9.17) is 15.3 Å². The van der Waals surface area contributed by atoms with Crippen molar-refractivity contribution in [3.8, 4) is 0 Å². The molecule has 0 amide bonds. The highest BCUT2D eigenvalue weighted by Crippen LogP contribution is 2.14. The topological polar surface area (TPSA) is 134 Å². The molecule has 8 nitrogen and oxygen atoms in total. The van der Waals surface area contributed by atoms with E-state index in [9.17, 15) is 19.2 Å². The molecule has 1 aromatic heterocycles. The third kappa shape index (κ3) is 3.94. The van der Waals surface area contributed by atoms with Crippen molar-refractivity contribution in [2.75, 3.05) is 0 Å². The fourth-order valence-electron chi connectivity index (χ4n) is 1.70. The van der Waals surface area contributed by atoms with Crippen LogP contribution in [0.5, 0.6) is 0 Å².